The third-order valence-electron chi connectivity index (χ3n) is 15.7. The molecule has 0 fully saturated rings. The van der Waals surface area contributed by atoms with Crippen molar-refractivity contribution in [2.75, 3.05) is 9.62 Å². The van der Waals surface area contributed by atoms with Crippen LogP contribution in [0.1, 0.15) is 95.5 Å². The molecule has 2 aromatic heterocycles. The second-order valence-electron chi connectivity index (χ2n) is 23.0. The summed E-state index contributed by atoms with van der Waals surface area (Å²) in [5.74, 6) is 0.630. The first-order chi connectivity index (χ1) is 39.8. The molecule has 0 amide bonds. The third-order valence-corrected chi connectivity index (χ3v) is 16.7. The predicted octanol–water partition coefficient (Wildman–Crippen LogP) is 17.1. The standard InChI is InChI=1S/C69H64BN5O.Pt/c1-46(2)39-47-40-64(75-63-34-21-20-33-62(63)74-59-30-17-15-28-55(59)54-27-14-16-29-58(54)70(74)75)71-65(41-47)76-53-26-22-25-52(44-53)72-45-73(61-32-19-18-31-60(61)72)66-56(48-23-12-11-13-24-48)42-51(69(9,10)68(6,7)8)43-57(66)49-35-37-50(38-36-49)67(3,4)5;/h11-33,35-38,40-43,46H,39H2,1-10H3;/q-2;/i11D,12D,13D,23D,24D,39D2;. The Bertz CT molecular complexity index is 4340. The molecule has 12 rings (SSSR count). The first-order valence-corrected chi connectivity index (χ1v) is 27.5. The zero-order chi connectivity index (χ0) is 59.7. The fourth-order valence-corrected chi connectivity index (χ4v) is 11.9. The van der Waals surface area contributed by atoms with Crippen LogP contribution in [0.3, 0.4) is 0 Å². The molecule has 0 N–H and O–H groups in total. The Kier molecular flexibility index (Phi) is 10.6. The summed E-state index contributed by atoms with van der Waals surface area (Å²) in [4.78, 5) is 9.74. The van der Waals surface area contributed by atoms with Gasteiger partial charge in [0.15, 0.2) is 0 Å². The zero-order valence-corrected chi connectivity index (χ0v) is 47.4. The van der Waals surface area contributed by atoms with Crippen molar-refractivity contribution in [1.82, 2.24) is 14.1 Å². The zero-order valence-electron chi connectivity index (χ0n) is 52.1. The molecule has 0 atom stereocenters. The van der Waals surface area contributed by atoms with Crippen LogP contribution in [0.2, 0.25) is 0 Å². The summed E-state index contributed by atoms with van der Waals surface area (Å²) in [6.45, 7) is 20.9. The van der Waals surface area contributed by atoms with Crippen LogP contribution in [0, 0.1) is 27.3 Å². The molecule has 77 heavy (non-hydrogen) atoms. The molecule has 0 saturated heterocycles. The summed E-state index contributed by atoms with van der Waals surface area (Å²) in [5, 5.41) is 0. The van der Waals surface area contributed by atoms with E-state index in [-0.39, 0.29) is 41.3 Å². The molecule has 6 nitrogen and oxygen atoms in total. The minimum atomic E-state index is -1.78. The van der Waals surface area contributed by atoms with Gasteiger partial charge in [0.2, 0.25) is 0 Å². The van der Waals surface area contributed by atoms with E-state index in [1.165, 1.54) is 0 Å². The van der Waals surface area contributed by atoms with Gasteiger partial charge in [-0.15, -0.1) is 6.07 Å². The van der Waals surface area contributed by atoms with Crippen LogP contribution in [0.25, 0.3) is 55.8 Å². The van der Waals surface area contributed by atoms with E-state index in [1.807, 2.05) is 80.6 Å². The molecule has 386 valence electrons. The van der Waals surface area contributed by atoms with E-state index >= 15 is 0 Å². The Morgan fingerprint density at radius 1 is 0.649 bits per heavy atom. The number of nitrogens with zero attached hydrogens (tertiary/aromatic N) is 5. The predicted molar refractivity (Wildman–Crippen MR) is 316 cm³/mol. The molecule has 0 aliphatic carbocycles. The Morgan fingerprint density at radius 2 is 1.31 bits per heavy atom. The Labute approximate surface area is 476 Å². The molecule has 4 heterocycles. The summed E-state index contributed by atoms with van der Waals surface area (Å²) in [6.07, 6.45) is -1.78. The minimum absolute atomic E-state index is 0.106. The van der Waals surface area contributed by atoms with Crippen LogP contribution in [0.15, 0.2) is 188 Å². The van der Waals surface area contributed by atoms with E-state index in [2.05, 4.69) is 191 Å². The van der Waals surface area contributed by atoms with Crippen molar-refractivity contribution in [2.24, 2.45) is 11.3 Å². The van der Waals surface area contributed by atoms with Gasteiger partial charge < -0.3 is 0 Å². The van der Waals surface area contributed by atoms with E-state index in [0.29, 0.717) is 37.9 Å². The number of benzene rings is 8. The molecule has 0 unspecified atom stereocenters. The van der Waals surface area contributed by atoms with Crippen LogP contribution in [-0.2, 0) is 36.6 Å². The number of rotatable bonds is 10. The molecule has 8 heteroatoms. The second-order valence-corrected chi connectivity index (χ2v) is 24.0. The van der Waals surface area contributed by atoms with Gasteiger partial charge in [0.1, 0.15) is 0 Å². The average molecular weight is 1190 g/mol. The summed E-state index contributed by atoms with van der Waals surface area (Å²) in [6, 6.07) is 58.2. The van der Waals surface area contributed by atoms with Crippen LogP contribution in [-0.4, -0.2) is 21.1 Å². The number of ether oxygens (including phenoxy) is 1. The van der Waals surface area contributed by atoms with Gasteiger partial charge in [0.05, 0.1) is 0 Å². The van der Waals surface area contributed by atoms with Crippen molar-refractivity contribution in [1.29, 1.82) is 0 Å². The van der Waals surface area contributed by atoms with Crippen LogP contribution in [0.5, 0.6) is 11.6 Å². The normalized spacial score (nSPS) is 14.7. The molecule has 0 radical (unpaired) electrons. The number of hydrogen-bond acceptors (Lipinski definition) is 4. The van der Waals surface area contributed by atoms with Crippen LogP contribution < -0.4 is 19.8 Å². The van der Waals surface area contributed by atoms with Crippen LogP contribution >= 0.6 is 0 Å². The van der Waals surface area contributed by atoms with Crippen LogP contribution in [0.4, 0.5) is 22.9 Å². The quantitative estimate of drug-likeness (QED) is 0.101. The number of aromatic nitrogens is 3. The van der Waals surface area contributed by atoms with E-state index in [1.54, 1.807) is 6.07 Å². The second kappa shape index (κ2) is 19.2. The Balaban J connectivity index is 1.06. The molecule has 10 aromatic rings. The molecule has 0 bridgehead atoms. The molecular weight excluding hydrogens is 1120 g/mol. The number of imidazole rings is 1. The topological polar surface area (TPSA) is 38.5 Å². The van der Waals surface area contributed by atoms with Crippen molar-refractivity contribution >= 4 is 46.4 Å². The molecule has 2 aliphatic rings. The van der Waals surface area contributed by atoms with Gasteiger partial charge >= 0.3 is 395 Å². The average Bonchev–Trinajstić information content (AvgIpc) is 1.72. The SMILES string of the molecule is [2H]c1c([2H])c([2H])c(-c2cc(C(C)(C)C(C)(C)C)cc(-c3ccc(C(C)(C)C)cc3)c2-n2[c](=[Pt])n(-c3[c-]c(Oc4cc(C([2H])([2H])C(C)C)cc(N5B6c7ccccc7-c7ccccc7N6c6ccc[c-]c65)n4)ccc3)c3ccccc32)c([2H])c1[2H]. The molecular formula is C69H64BN5OPt-2. The maximum atomic E-state index is 9.54. The molecule has 8 aromatic carbocycles. The van der Waals surface area contributed by atoms with E-state index in [9.17, 15) is 5.48 Å². The van der Waals surface area contributed by atoms with Gasteiger partial charge in [-0.25, -0.2) is 0 Å². The van der Waals surface area contributed by atoms with Crippen molar-refractivity contribution in [3.63, 3.8) is 0 Å². The van der Waals surface area contributed by atoms with Crippen molar-refractivity contribution in [3.05, 3.63) is 221 Å². The van der Waals surface area contributed by atoms with Crippen molar-refractivity contribution < 1.29 is 33.7 Å². The summed E-state index contributed by atoms with van der Waals surface area (Å²) >= 11 is 2.33. The molecule has 0 spiro atoms. The van der Waals surface area contributed by atoms with Crippen molar-refractivity contribution in [3.8, 4) is 56.4 Å². The van der Waals surface area contributed by atoms with E-state index < -0.39 is 35.8 Å². The monoisotopic (exact) mass is 1190 g/mol. The number of pyridine rings is 1. The molecule has 2 aliphatic heterocycles. The van der Waals surface area contributed by atoms with Gasteiger partial charge in [-0.05, 0) is 11.6 Å². The summed E-state index contributed by atoms with van der Waals surface area (Å²) < 4.78 is 76.6. The van der Waals surface area contributed by atoms with Gasteiger partial charge in [-0.2, -0.15) is 12.1 Å². The van der Waals surface area contributed by atoms with Crippen molar-refractivity contribution in [2.45, 2.75) is 86.4 Å². The van der Waals surface area contributed by atoms with Gasteiger partial charge in [-0.3, -0.25) is 0 Å². The van der Waals surface area contributed by atoms with Gasteiger partial charge in [-0.1, -0.05) is 42.5 Å². The first-order valence-electron chi connectivity index (χ1n) is 29.8. The van der Waals surface area contributed by atoms with Gasteiger partial charge in [0.25, 0.3) is 0 Å². The summed E-state index contributed by atoms with van der Waals surface area (Å²) in [5.41, 5.74) is 13.0. The molecule has 0 saturated carbocycles. The number of para-hydroxylation sites is 4. The number of anilines is 4. The van der Waals surface area contributed by atoms with E-state index in [4.69, 9.17) is 13.8 Å². The maximum absolute atomic E-state index is 9.54. The van der Waals surface area contributed by atoms with E-state index in [0.717, 1.165) is 66.9 Å². The third kappa shape index (κ3) is 8.81. The fourth-order valence-electron chi connectivity index (χ4n) is 10.8. The Morgan fingerprint density at radius 3 is 2.03 bits per heavy atom. The summed E-state index contributed by atoms with van der Waals surface area (Å²) in [7, 11) is 0. The number of fused-ring (bicyclic) bond motifs is 9. The number of hydrogen-bond donors (Lipinski definition) is 0. The fraction of sp³-hybridized carbons (Fsp3) is 0.217. The first kappa shape index (κ1) is 42.6. The Hall–Kier alpha value is -7.47. The van der Waals surface area contributed by atoms with Gasteiger partial charge in [0, 0.05) is 11.3 Å².